The fourth-order valence-electron chi connectivity index (χ4n) is 3.07. The summed E-state index contributed by atoms with van der Waals surface area (Å²) in [5.41, 5.74) is 0.775. The Balaban J connectivity index is 1.82. The zero-order valence-electron chi connectivity index (χ0n) is 12.9. The number of halogens is 1. The minimum atomic E-state index is -0.107. The fourth-order valence-corrected chi connectivity index (χ4v) is 3.07. The van der Waals surface area contributed by atoms with Crippen molar-refractivity contribution >= 4 is 0 Å². The Bertz CT molecular complexity index is 411. The second-order valence-electron chi connectivity index (χ2n) is 6.38. The van der Waals surface area contributed by atoms with Gasteiger partial charge in [0.1, 0.15) is 5.82 Å². The lowest BCUT2D eigenvalue weighted by Gasteiger charge is -2.34. The number of hydrogen-bond acceptors (Lipinski definition) is 2. The molecule has 112 valence electrons. The van der Waals surface area contributed by atoms with E-state index in [4.69, 9.17) is 0 Å². The highest BCUT2D eigenvalue weighted by atomic mass is 19.1. The highest BCUT2D eigenvalue weighted by Gasteiger charge is 2.21. The summed E-state index contributed by atoms with van der Waals surface area (Å²) >= 11 is 0. The van der Waals surface area contributed by atoms with Crippen molar-refractivity contribution < 1.29 is 4.39 Å². The largest absolute Gasteiger partial charge is 0.307 e. The van der Waals surface area contributed by atoms with Crippen molar-refractivity contribution in [3.63, 3.8) is 0 Å². The molecule has 1 fully saturated rings. The molecule has 20 heavy (non-hydrogen) atoms. The van der Waals surface area contributed by atoms with Gasteiger partial charge in [-0.05, 0) is 44.8 Å². The molecule has 1 atom stereocenters. The minimum Gasteiger partial charge on any atom is -0.307 e. The average Bonchev–Trinajstić information content (AvgIpc) is 2.41. The molecule has 0 amide bonds. The maximum absolute atomic E-state index is 13.8. The smallest absolute Gasteiger partial charge is 0.127 e. The van der Waals surface area contributed by atoms with Crippen LogP contribution >= 0.6 is 0 Å². The van der Waals surface area contributed by atoms with Gasteiger partial charge in [0.15, 0.2) is 0 Å². The SMILES string of the molecule is CC(C)CN1CCC(N[C@H](C)c2ccccc2F)CC1. The molecule has 1 heterocycles. The molecule has 1 aliphatic rings. The number of nitrogens with one attached hydrogen (secondary N) is 1. The second-order valence-corrected chi connectivity index (χ2v) is 6.38. The number of nitrogens with zero attached hydrogens (tertiary/aromatic N) is 1. The summed E-state index contributed by atoms with van der Waals surface area (Å²) in [6.45, 7) is 10.1. The van der Waals surface area contributed by atoms with Crippen LogP contribution in [0.4, 0.5) is 4.39 Å². The summed E-state index contributed by atoms with van der Waals surface area (Å²) in [4.78, 5) is 2.54. The topological polar surface area (TPSA) is 15.3 Å². The van der Waals surface area contributed by atoms with E-state index in [1.54, 1.807) is 12.1 Å². The molecule has 1 saturated heterocycles. The first kappa shape index (κ1) is 15.5. The Morgan fingerprint density at radius 1 is 1.20 bits per heavy atom. The molecule has 0 unspecified atom stereocenters. The lowest BCUT2D eigenvalue weighted by molar-refractivity contribution is 0.175. The fraction of sp³-hybridized carbons (Fsp3) is 0.647. The van der Waals surface area contributed by atoms with Gasteiger partial charge in [0.2, 0.25) is 0 Å². The molecule has 0 aliphatic carbocycles. The summed E-state index contributed by atoms with van der Waals surface area (Å²) < 4.78 is 13.8. The molecule has 0 spiro atoms. The molecule has 2 nitrogen and oxygen atoms in total. The van der Waals surface area contributed by atoms with Gasteiger partial charge in [-0.25, -0.2) is 4.39 Å². The molecule has 0 bridgehead atoms. The highest BCUT2D eigenvalue weighted by Crippen LogP contribution is 2.20. The summed E-state index contributed by atoms with van der Waals surface area (Å²) in [6, 6.07) is 7.66. The van der Waals surface area contributed by atoms with Gasteiger partial charge >= 0.3 is 0 Å². The van der Waals surface area contributed by atoms with E-state index in [-0.39, 0.29) is 11.9 Å². The summed E-state index contributed by atoms with van der Waals surface area (Å²) in [5, 5.41) is 3.58. The van der Waals surface area contributed by atoms with Crippen molar-refractivity contribution in [2.24, 2.45) is 5.92 Å². The van der Waals surface area contributed by atoms with Crippen LogP contribution in [0.15, 0.2) is 24.3 Å². The third-order valence-corrected chi connectivity index (χ3v) is 4.07. The van der Waals surface area contributed by atoms with Gasteiger partial charge in [-0.15, -0.1) is 0 Å². The van der Waals surface area contributed by atoms with Crippen LogP contribution in [-0.2, 0) is 0 Å². The van der Waals surface area contributed by atoms with E-state index >= 15 is 0 Å². The van der Waals surface area contributed by atoms with Crippen LogP contribution in [0.1, 0.15) is 45.2 Å². The predicted octanol–water partition coefficient (Wildman–Crippen LogP) is 3.60. The standard InChI is InChI=1S/C17H27FN2/c1-13(2)12-20-10-8-15(9-11-20)19-14(3)16-6-4-5-7-17(16)18/h4-7,13-15,19H,8-12H2,1-3H3/t14-/m1/s1. The van der Waals surface area contributed by atoms with E-state index in [1.807, 2.05) is 12.1 Å². The van der Waals surface area contributed by atoms with Crippen LogP contribution in [0.5, 0.6) is 0 Å². The summed E-state index contributed by atoms with van der Waals surface area (Å²) in [6.07, 6.45) is 2.32. The van der Waals surface area contributed by atoms with Crippen LogP contribution in [0.3, 0.4) is 0 Å². The monoisotopic (exact) mass is 278 g/mol. The maximum Gasteiger partial charge on any atom is 0.127 e. The van der Waals surface area contributed by atoms with Crippen molar-refractivity contribution in [1.29, 1.82) is 0 Å². The van der Waals surface area contributed by atoms with E-state index in [1.165, 1.54) is 6.54 Å². The van der Waals surface area contributed by atoms with Crippen molar-refractivity contribution in [2.45, 2.75) is 45.7 Å². The van der Waals surface area contributed by atoms with E-state index in [0.29, 0.717) is 6.04 Å². The molecule has 1 aromatic rings. The molecule has 1 aromatic carbocycles. The highest BCUT2D eigenvalue weighted by molar-refractivity contribution is 5.20. The van der Waals surface area contributed by atoms with Gasteiger partial charge in [-0.1, -0.05) is 32.0 Å². The van der Waals surface area contributed by atoms with Gasteiger partial charge < -0.3 is 10.2 Å². The lowest BCUT2D eigenvalue weighted by Crippen LogP contribution is -2.44. The van der Waals surface area contributed by atoms with Crippen LogP contribution in [0, 0.1) is 11.7 Å². The Labute approximate surface area is 122 Å². The molecular formula is C17H27FN2. The Kier molecular flexibility index (Phi) is 5.55. The van der Waals surface area contributed by atoms with Gasteiger partial charge in [0.25, 0.3) is 0 Å². The van der Waals surface area contributed by atoms with Crippen molar-refractivity contribution in [2.75, 3.05) is 19.6 Å². The zero-order chi connectivity index (χ0) is 14.5. The predicted molar refractivity (Wildman–Crippen MR) is 82.3 cm³/mol. The van der Waals surface area contributed by atoms with Crippen LogP contribution in [0.2, 0.25) is 0 Å². The van der Waals surface area contributed by atoms with E-state index < -0.39 is 0 Å². The van der Waals surface area contributed by atoms with Crippen molar-refractivity contribution in [3.8, 4) is 0 Å². The number of hydrogen-bond donors (Lipinski definition) is 1. The van der Waals surface area contributed by atoms with Crippen LogP contribution in [0.25, 0.3) is 0 Å². The molecular weight excluding hydrogens is 251 g/mol. The second kappa shape index (κ2) is 7.19. The lowest BCUT2D eigenvalue weighted by atomic mass is 10.0. The van der Waals surface area contributed by atoms with Gasteiger partial charge in [-0.2, -0.15) is 0 Å². The number of likely N-dealkylation sites (tertiary alicyclic amines) is 1. The third-order valence-electron chi connectivity index (χ3n) is 4.07. The Morgan fingerprint density at radius 2 is 1.85 bits per heavy atom. The summed E-state index contributed by atoms with van der Waals surface area (Å²) in [7, 11) is 0. The zero-order valence-corrected chi connectivity index (χ0v) is 12.9. The van der Waals surface area contributed by atoms with Gasteiger partial charge in [0.05, 0.1) is 0 Å². The first-order chi connectivity index (χ1) is 9.56. The van der Waals surface area contributed by atoms with Crippen LogP contribution < -0.4 is 5.32 Å². The first-order valence-electron chi connectivity index (χ1n) is 7.79. The van der Waals surface area contributed by atoms with Crippen LogP contribution in [-0.4, -0.2) is 30.6 Å². The molecule has 3 heteroatoms. The van der Waals surface area contributed by atoms with E-state index in [0.717, 1.165) is 37.4 Å². The molecule has 2 rings (SSSR count). The third kappa shape index (κ3) is 4.29. The van der Waals surface area contributed by atoms with E-state index in [9.17, 15) is 4.39 Å². The number of benzene rings is 1. The number of rotatable bonds is 5. The molecule has 0 saturated carbocycles. The van der Waals surface area contributed by atoms with Crippen molar-refractivity contribution in [1.82, 2.24) is 10.2 Å². The molecule has 1 N–H and O–H groups in total. The van der Waals surface area contributed by atoms with Gasteiger partial charge in [-0.3, -0.25) is 0 Å². The Morgan fingerprint density at radius 3 is 2.45 bits per heavy atom. The normalized spacial score (nSPS) is 19.4. The molecule has 0 aromatic heterocycles. The van der Waals surface area contributed by atoms with Crippen molar-refractivity contribution in [3.05, 3.63) is 35.6 Å². The molecule has 0 radical (unpaired) electrons. The maximum atomic E-state index is 13.8. The van der Waals surface area contributed by atoms with E-state index in [2.05, 4.69) is 31.0 Å². The summed E-state index contributed by atoms with van der Waals surface area (Å²) in [5.74, 6) is 0.626. The average molecular weight is 278 g/mol. The molecule has 1 aliphatic heterocycles. The van der Waals surface area contributed by atoms with Gasteiger partial charge in [0, 0.05) is 24.2 Å². The Hall–Kier alpha value is -0.930. The first-order valence-corrected chi connectivity index (χ1v) is 7.79. The number of piperidine rings is 1. The quantitative estimate of drug-likeness (QED) is 0.885. The minimum absolute atomic E-state index is 0.0813.